The van der Waals surface area contributed by atoms with Crippen LogP contribution < -0.4 is 4.72 Å². The normalized spacial score (nSPS) is 15.9. The fraction of sp³-hybridized carbons (Fsp3) is 0.368. The number of fused-ring (bicyclic) bond motifs is 1. The summed E-state index contributed by atoms with van der Waals surface area (Å²) in [5.74, 6) is 0. The third kappa shape index (κ3) is 3.68. The molecule has 0 spiro atoms. The molecule has 27 heavy (non-hydrogen) atoms. The summed E-state index contributed by atoms with van der Waals surface area (Å²) in [5, 5.41) is 5.05. The second-order valence-electron chi connectivity index (χ2n) is 6.64. The zero-order valence-corrected chi connectivity index (χ0v) is 15.9. The van der Waals surface area contributed by atoms with Crippen LogP contribution in [-0.4, -0.2) is 36.4 Å². The Morgan fingerprint density at radius 3 is 2.81 bits per heavy atom. The topological polar surface area (TPSA) is 86.1 Å². The third-order valence-corrected chi connectivity index (χ3v) is 6.15. The quantitative estimate of drug-likeness (QED) is 0.728. The maximum Gasteiger partial charge on any atom is 0.265 e. The Bertz CT molecular complexity index is 1060. The van der Waals surface area contributed by atoms with Gasteiger partial charge in [-0.3, -0.25) is 14.4 Å². The summed E-state index contributed by atoms with van der Waals surface area (Å²) in [5.41, 5.74) is 2.15. The fourth-order valence-electron chi connectivity index (χ4n) is 3.31. The smallest absolute Gasteiger partial charge is 0.265 e. The predicted molar refractivity (Wildman–Crippen MR) is 103 cm³/mol. The van der Waals surface area contributed by atoms with E-state index in [0.717, 1.165) is 35.9 Å². The zero-order valence-electron chi connectivity index (χ0n) is 15.1. The van der Waals surface area contributed by atoms with Crippen LogP contribution in [0.25, 0.3) is 10.9 Å². The number of benzene rings is 1. The number of sulfonamides is 1. The van der Waals surface area contributed by atoms with Crippen molar-refractivity contribution in [3.8, 4) is 0 Å². The van der Waals surface area contributed by atoms with Crippen molar-refractivity contribution in [3.05, 3.63) is 48.4 Å². The van der Waals surface area contributed by atoms with Gasteiger partial charge in [0.15, 0.2) is 0 Å². The van der Waals surface area contributed by atoms with E-state index in [1.807, 2.05) is 31.2 Å². The minimum Gasteiger partial charge on any atom is -0.381 e. The number of rotatable bonds is 5. The van der Waals surface area contributed by atoms with E-state index in [1.54, 1.807) is 16.9 Å². The second-order valence-corrected chi connectivity index (χ2v) is 8.32. The van der Waals surface area contributed by atoms with Crippen molar-refractivity contribution < 1.29 is 13.2 Å². The van der Waals surface area contributed by atoms with E-state index < -0.39 is 10.0 Å². The molecule has 3 aromatic rings. The van der Waals surface area contributed by atoms with Crippen LogP contribution in [0.4, 0.5) is 5.69 Å². The van der Waals surface area contributed by atoms with E-state index in [1.165, 1.54) is 6.20 Å². The van der Waals surface area contributed by atoms with E-state index in [9.17, 15) is 8.42 Å². The summed E-state index contributed by atoms with van der Waals surface area (Å²) in [6.45, 7) is 3.34. The van der Waals surface area contributed by atoms with Gasteiger partial charge in [-0.25, -0.2) is 8.42 Å². The summed E-state index contributed by atoms with van der Waals surface area (Å²) < 4.78 is 35.7. The van der Waals surface area contributed by atoms with E-state index in [4.69, 9.17) is 4.74 Å². The maximum atomic E-state index is 12.9. The van der Waals surface area contributed by atoms with Crippen LogP contribution in [0.3, 0.4) is 0 Å². The molecular weight excluding hydrogens is 364 g/mol. The van der Waals surface area contributed by atoms with Crippen molar-refractivity contribution in [2.24, 2.45) is 0 Å². The molecule has 2 aromatic heterocycles. The lowest BCUT2D eigenvalue weighted by Crippen LogP contribution is -2.20. The molecule has 0 radical (unpaired) electrons. The lowest BCUT2D eigenvalue weighted by molar-refractivity contribution is 0.0662. The Morgan fingerprint density at radius 2 is 2.04 bits per heavy atom. The maximum absolute atomic E-state index is 12.9. The fourth-order valence-corrected chi connectivity index (χ4v) is 4.32. The van der Waals surface area contributed by atoms with E-state index in [-0.39, 0.29) is 10.9 Å². The highest BCUT2D eigenvalue weighted by Crippen LogP contribution is 2.27. The molecule has 0 aliphatic carbocycles. The highest BCUT2D eigenvalue weighted by atomic mass is 32.2. The predicted octanol–water partition coefficient (Wildman–Crippen LogP) is 3.15. The molecule has 0 amide bonds. The Morgan fingerprint density at radius 1 is 1.26 bits per heavy atom. The third-order valence-electron chi connectivity index (χ3n) is 4.83. The summed E-state index contributed by atoms with van der Waals surface area (Å²) >= 11 is 0. The molecule has 1 aromatic carbocycles. The molecule has 0 atom stereocenters. The molecule has 7 nitrogen and oxygen atoms in total. The van der Waals surface area contributed by atoms with Gasteiger partial charge in [0.2, 0.25) is 0 Å². The summed E-state index contributed by atoms with van der Waals surface area (Å²) in [4.78, 5) is 4.72. The number of anilines is 1. The molecule has 8 heteroatoms. The number of ether oxygens (including phenoxy) is 1. The van der Waals surface area contributed by atoms with Crippen LogP contribution in [0.15, 0.2) is 47.6 Å². The second kappa shape index (κ2) is 7.28. The minimum absolute atomic E-state index is 0.160. The molecule has 0 bridgehead atoms. The first kappa shape index (κ1) is 17.9. The molecule has 1 fully saturated rings. The number of para-hydroxylation sites is 1. The molecule has 3 heterocycles. The van der Waals surface area contributed by atoms with Crippen LogP contribution in [-0.2, 0) is 21.2 Å². The number of aromatic nitrogens is 3. The van der Waals surface area contributed by atoms with Crippen molar-refractivity contribution in [1.82, 2.24) is 14.8 Å². The van der Waals surface area contributed by atoms with Crippen molar-refractivity contribution in [2.45, 2.75) is 37.1 Å². The summed E-state index contributed by atoms with van der Waals surface area (Å²) in [7, 11) is -3.74. The number of nitrogens with one attached hydrogen (secondary N) is 1. The van der Waals surface area contributed by atoms with Gasteiger partial charge in [-0.15, -0.1) is 0 Å². The highest BCUT2D eigenvalue weighted by molar-refractivity contribution is 7.92. The number of nitrogens with zero attached hydrogens (tertiary/aromatic N) is 3. The number of aryl methyl sites for hydroxylation is 1. The van der Waals surface area contributed by atoms with Gasteiger partial charge in [-0.05, 0) is 31.4 Å². The molecule has 1 aliphatic rings. The standard InChI is InChI=1S/C19H22N4O3S/c1-2-14-11-19(17-5-3-4-6-18(17)21-14)22-27(24,25)16-12-20-23(13-16)15-7-9-26-10-8-15/h3-6,11-13,15H,2,7-10H2,1H3,(H,21,22). The monoisotopic (exact) mass is 386 g/mol. The summed E-state index contributed by atoms with van der Waals surface area (Å²) in [6, 6.07) is 9.49. The van der Waals surface area contributed by atoms with Gasteiger partial charge in [-0.1, -0.05) is 25.1 Å². The molecule has 0 unspecified atom stereocenters. The Balaban J connectivity index is 1.66. The van der Waals surface area contributed by atoms with Crippen LogP contribution >= 0.6 is 0 Å². The number of hydrogen-bond donors (Lipinski definition) is 1. The molecule has 1 saturated heterocycles. The van der Waals surface area contributed by atoms with Crippen LogP contribution in [0, 0.1) is 0 Å². The minimum atomic E-state index is -3.74. The zero-order chi connectivity index (χ0) is 18.9. The van der Waals surface area contributed by atoms with Crippen molar-refractivity contribution >= 4 is 26.6 Å². The first-order valence-corrected chi connectivity index (χ1v) is 10.6. The Labute approximate surface area is 158 Å². The molecule has 142 valence electrons. The number of hydrogen-bond acceptors (Lipinski definition) is 5. The molecule has 0 saturated carbocycles. The Kier molecular flexibility index (Phi) is 4.84. The van der Waals surface area contributed by atoms with Crippen molar-refractivity contribution in [3.63, 3.8) is 0 Å². The first-order chi connectivity index (χ1) is 13.1. The van der Waals surface area contributed by atoms with Crippen molar-refractivity contribution in [1.29, 1.82) is 0 Å². The average Bonchev–Trinajstić information content (AvgIpc) is 3.19. The van der Waals surface area contributed by atoms with E-state index in [2.05, 4.69) is 14.8 Å². The molecule has 1 aliphatic heterocycles. The van der Waals surface area contributed by atoms with Gasteiger partial charge < -0.3 is 4.74 Å². The van der Waals surface area contributed by atoms with Gasteiger partial charge >= 0.3 is 0 Å². The van der Waals surface area contributed by atoms with Crippen LogP contribution in [0.2, 0.25) is 0 Å². The van der Waals surface area contributed by atoms with Gasteiger partial charge in [0.25, 0.3) is 10.0 Å². The lowest BCUT2D eigenvalue weighted by Gasteiger charge is -2.22. The van der Waals surface area contributed by atoms with Gasteiger partial charge in [0.05, 0.1) is 23.4 Å². The van der Waals surface area contributed by atoms with Crippen LogP contribution in [0.1, 0.15) is 31.5 Å². The first-order valence-electron chi connectivity index (χ1n) is 9.10. The van der Waals surface area contributed by atoms with E-state index >= 15 is 0 Å². The lowest BCUT2D eigenvalue weighted by atomic mass is 10.1. The summed E-state index contributed by atoms with van der Waals surface area (Å²) in [6.07, 6.45) is 5.40. The average molecular weight is 386 g/mol. The molecule has 1 N–H and O–H groups in total. The van der Waals surface area contributed by atoms with E-state index in [0.29, 0.717) is 18.9 Å². The Hall–Kier alpha value is -2.45. The largest absolute Gasteiger partial charge is 0.381 e. The molecule has 4 rings (SSSR count). The van der Waals surface area contributed by atoms with Crippen molar-refractivity contribution in [2.75, 3.05) is 17.9 Å². The van der Waals surface area contributed by atoms with Gasteiger partial charge in [-0.2, -0.15) is 5.10 Å². The number of pyridine rings is 1. The van der Waals surface area contributed by atoms with Gasteiger partial charge in [0, 0.05) is 30.5 Å². The highest BCUT2D eigenvalue weighted by Gasteiger charge is 2.22. The molecular formula is C19H22N4O3S. The van der Waals surface area contributed by atoms with Gasteiger partial charge in [0.1, 0.15) is 4.90 Å². The van der Waals surface area contributed by atoms with Crippen LogP contribution in [0.5, 0.6) is 0 Å². The SMILES string of the molecule is CCc1cc(NS(=O)(=O)c2cnn(C3CCOCC3)c2)c2ccccc2n1.